The molecule has 0 aromatic heterocycles. The van der Waals surface area contributed by atoms with Crippen molar-refractivity contribution >= 4 is 0 Å². The predicted molar refractivity (Wildman–Crippen MR) is 41.8 cm³/mol. The third kappa shape index (κ3) is 5.09. The van der Waals surface area contributed by atoms with Crippen LogP contribution >= 0.6 is 0 Å². The van der Waals surface area contributed by atoms with Gasteiger partial charge in [0.1, 0.15) is 0 Å². The molecule has 0 bridgehead atoms. The summed E-state index contributed by atoms with van der Waals surface area (Å²) in [6.07, 6.45) is 0.848. The average Bonchev–Trinajstić information content (AvgIpc) is 2.00. The van der Waals surface area contributed by atoms with Crippen molar-refractivity contribution < 1.29 is 8.78 Å². The molecule has 0 fully saturated rings. The molecule has 2 nitrogen and oxygen atoms in total. The van der Waals surface area contributed by atoms with E-state index in [2.05, 4.69) is 5.32 Å². The summed E-state index contributed by atoms with van der Waals surface area (Å²) in [7, 11) is 0. The summed E-state index contributed by atoms with van der Waals surface area (Å²) in [5.74, 6) is -2.76. The van der Waals surface area contributed by atoms with Crippen molar-refractivity contribution in [3.05, 3.63) is 0 Å². The molecule has 0 heterocycles. The van der Waals surface area contributed by atoms with Crippen molar-refractivity contribution in [1.29, 1.82) is 0 Å². The van der Waals surface area contributed by atoms with Gasteiger partial charge in [-0.25, -0.2) is 8.78 Å². The van der Waals surface area contributed by atoms with Gasteiger partial charge in [-0.2, -0.15) is 0 Å². The monoisotopic (exact) mass is 166 g/mol. The maximum absolute atomic E-state index is 12.5. The first kappa shape index (κ1) is 10.8. The number of halogens is 2. The van der Waals surface area contributed by atoms with Crippen LogP contribution in [0, 0.1) is 0 Å². The highest BCUT2D eigenvalue weighted by molar-refractivity contribution is 4.72. The van der Waals surface area contributed by atoms with E-state index in [0.29, 0.717) is 0 Å². The largest absolute Gasteiger partial charge is 0.325 e. The Morgan fingerprint density at radius 3 is 2.45 bits per heavy atom. The lowest BCUT2D eigenvalue weighted by Crippen LogP contribution is -2.42. The van der Waals surface area contributed by atoms with E-state index in [9.17, 15) is 8.78 Å². The second-order valence-electron chi connectivity index (χ2n) is 2.75. The summed E-state index contributed by atoms with van der Waals surface area (Å²) in [5.41, 5.74) is 4.84. The highest BCUT2D eigenvalue weighted by Gasteiger charge is 2.26. The number of nitrogens with two attached hydrogens (primary N) is 1. The van der Waals surface area contributed by atoms with Crippen LogP contribution in [0.1, 0.15) is 20.3 Å². The third-order valence-electron chi connectivity index (χ3n) is 1.62. The first-order valence-electron chi connectivity index (χ1n) is 3.83. The van der Waals surface area contributed by atoms with Gasteiger partial charge >= 0.3 is 0 Å². The van der Waals surface area contributed by atoms with E-state index in [1.807, 2.05) is 13.8 Å². The van der Waals surface area contributed by atoms with Crippen molar-refractivity contribution in [3.8, 4) is 0 Å². The Bertz CT molecular complexity index is 107. The minimum Gasteiger partial charge on any atom is -0.325 e. The molecule has 11 heavy (non-hydrogen) atoms. The molecule has 0 aromatic rings. The van der Waals surface area contributed by atoms with E-state index in [4.69, 9.17) is 5.73 Å². The number of hydrogen-bond acceptors (Lipinski definition) is 2. The van der Waals surface area contributed by atoms with Gasteiger partial charge in [-0.3, -0.25) is 0 Å². The molecule has 0 aliphatic heterocycles. The van der Waals surface area contributed by atoms with Gasteiger partial charge in [0, 0.05) is 6.04 Å². The molecule has 0 rings (SSSR count). The fraction of sp³-hybridized carbons (Fsp3) is 1.00. The number of hydrogen-bond donors (Lipinski definition) is 2. The maximum atomic E-state index is 12.5. The minimum atomic E-state index is -2.76. The number of alkyl halides is 2. The van der Waals surface area contributed by atoms with Crippen molar-refractivity contribution in [2.75, 3.05) is 13.1 Å². The maximum Gasteiger partial charge on any atom is 0.272 e. The summed E-state index contributed by atoms with van der Waals surface area (Å²) in [6.45, 7) is 2.90. The van der Waals surface area contributed by atoms with E-state index >= 15 is 0 Å². The Morgan fingerprint density at radius 2 is 2.09 bits per heavy atom. The fourth-order valence-electron chi connectivity index (χ4n) is 0.540. The Kier molecular flexibility index (Phi) is 4.52. The van der Waals surface area contributed by atoms with Crippen molar-refractivity contribution in [2.45, 2.75) is 32.2 Å². The molecule has 0 saturated carbocycles. The summed E-state index contributed by atoms with van der Waals surface area (Å²) in [6, 6.07) is 0.132. The van der Waals surface area contributed by atoms with Gasteiger partial charge in [0.15, 0.2) is 0 Å². The molecule has 0 aliphatic carbocycles. The highest BCUT2D eigenvalue weighted by atomic mass is 19.3. The first-order valence-corrected chi connectivity index (χ1v) is 3.83. The van der Waals surface area contributed by atoms with E-state index < -0.39 is 12.5 Å². The quantitative estimate of drug-likeness (QED) is 0.638. The van der Waals surface area contributed by atoms with Crippen molar-refractivity contribution in [2.24, 2.45) is 5.73 Å². The molecule has 0 saturated heterocycles. The third-order valence-corrected chi connectivity index (χ3v) is 1.62. The van der Waals surface area contributed by atoms with E-state index in [-0.39, 0.29) is 12.6 Å². The van der Waals surface area contributed by atoms with Crippen LogP contribution in [-0.4, -0.2) is 25.1 Å². The molecule has 68 valence electrons. The summed E-state index contributed by atoms with van der Waals surface area (Å²) in [5, 5.41) is 2.69. The summed E-state index contributed by atoms with van der Waals surface area (Å²) in [4.78, 5) is 0. The van der Waals surface area contributed by atoms with Crippen LogP contribution in [0.2, 0.25) is 0 Å². The normalized spacial score (nSPS) is 15.0. The second kappa shape index (κ2) is 4.62. The Labute approximate surface area is 66.1 Å². The van der Waals surface area contributed by atoms with E-state index in [1.165, 1.54) is 0 Å². The Morgan fingerprint density at radius 1 is 1.55 bits per heavy atom. The fourth-order valence-corrected chi connectivity index (χ4v) is 0.540. The highest BCUT2D eigenvalue weighted by Crippen LogP contribution is 2.09. The molecule has 0 spiro atoms. The lowest BCUT2D eigenvalue weighted by molar-refractivity contribution is 0.00956. The molecular weight excluding hydrogens is 150 g/mol. The zero-order chi connectivity index (χ0) is 8.91. The molecule has 1 unspecified atom stereocenters. The second-order valence-corrected chi connectivity index (χ2v) is 2.75. The molecule has 1 atom stereocenters. The predicted octanol–water partition coefficient (Wildman–Crippen LogP) is 0.968. The lowest BCUT2D eigenvalue weighted by Gasteiger charge is -2.17. The van der Waals surface area contributed by atoms with Gasteiger partial charge in [-0.1, -0.05) is 6.92 Å². The van der Waals surface area contributed by atoms with Gasteiger partial charge in [0.2, 0.25) is 0 Å². The number of nitrogens with one attached hydrogen (secondary N) is 1. The molecule has 0 amide bonds. The van der Waals surface area contributed by atoms with Crippen LogP contribution in [0.15, 0.2) is 0 Å². The topological polar surface area (TPSA) is 38.0 Å². The minimum absolute atomic E-state index is 0.132. The molecular formula is C7H16F2N2. The Balaban J connectivity index is 3.52. The van der Waals surface area contributed by atoms with Crippen LogP contribution in [-0.2, 0) is 0 Å². The zero-order valence-corrected chi connectivity index (χ0v) is 7.03. The van der Waals surface area contributed by atoms with Crippen molar-refractivity contribution in [3.63, 3.8) is 0 Å². The van der Waals surface area contributed by atoms with Crippen LogP contribution < -0.4 is 11.1 Å². The molecule has 4 heteroatoms. The molecule has 0 aromatic carbocycles. The molecule has 0 aliphatic rings. The van der Waals surface area contributed by atoms with Gasteiger partial charge in [0.05, 0.1) is 13.1 Å². The summed E-state index contributed by atoms with van der Waals surface area (Å²) < 4.78 is 24.9. The van der Waals surface area contributed by atoms with Crippen LogP contribution in [0.25, 0.3) is 0 Å². The van der Waals surface area contributed by atoms with Crippen LogP contribution in [0.3, 0.4) is 0 Å². The molecule has 0 radical (unpaired) electrons. The summed E-state index contributed by atoms with van der Waals surface area (Å²) >= 11 is 0. The van der Waals surface area contributed by atoms with E-state index in [1.54, 1.807) is 0 Å². The zero-order valence-electron chi connectivity index (χ0n) is 7.03. The lowest BCUT2D eigenvalue weighted by atomic mass is 10.2. The van der Waals surface area contributed by atoms with E-state index in [0.717, 1.165) is 6.42 Å². The average molecular weight is 166 g/mol. The number of rotatable bonds is 5. The smallest absolute Gasteiger partial charge is 0.272 e. The van der Waals surface area contributed by atoms with Gasteiger partial charge in [0.25, 0.3) is 5.92 Å². The van der Waals surface area contributed by atoms with Crippen LogP contribution in [0.4, 0.5) is 8.78 Å². The Hall–Kier alpha value is -0.220. The van der Waals surface area contributed by atoms with Gasteiger partial charge in [-0.15, -0.1) is 0 Å². The van der Waals surface area contributed by atoms with Gasteiger partial charge < -0.3 is 11.1 Å². The SMILES string of the molecule is CCC(C)NCC(F)(F)CN. The molecule has 3 N–H and O–H groups in total. The standard InChI is InChI=1S/C7H16F2N2/c1-3-6(2)11-5-7(8,9)4-10/h6,11H,3-5,10H2,1-2H3. The first-order chi connectivity index (χ1) is 5.02. The van der Waals surface area contributed by atoms with Crippen LogP contribution in [0.5, 0.6) is 0 Å². The van der Waals surface area contributed by atoms with Gasteiger partial charge in [-0.05, 0) is 13.3 Å². The van der Waals surface area contributed by atoms with Crippen molar-refractivity contribution in [1.82, 2.24) is 5.32 Å².